The van der Waals surface area contributed by atoms with Gasteiger partial charge in [0.2, 0.25) is 0 Å². The van der Waals surface area contributed by atoms with Gasteiger partial charge in [0.25, 0.3) is 5.69 Å². The standard InChI is InChI=1S/C16H11NO3S/c18-10-13-9-12-3-1-2-4-15(12)21-16(13)11-5-7-14(8-6-11)17(19)20/h1-10,16H/t16-/m1/s1. The zero-order chi connectivity index (χ0) is 14.8. The van der Waals surface area contributed by atoms with Crippen molar-refractivity contribution in [1.82, 2.24) is 0 Å². The Bertz CT molecular complexity index is 737. The van der Waals surface area contributed by atoms with E-state index in [1.807, 2.05) is 30.3 Å². The number of hydrogen-bond donors (Lipinski definition) is 0. The molecule has 0 saturated heterocycles. The lowest BCUT2D eigenvalue weighted by Crippen LogP contribution is -2.04. The first kappa shape index (κ1) is 13.6. The van der Waals surface area contributed by atoms with Crippen molar-refractivity contribution >= 4 is 29.8 Å². The molecule has 0 unspecified atom stereocenters. The molecule has 1 aliphatic heterocycles. The molecule has 1 atom stereocenters. The molecule has 0 aromatic heterocycles. The van der Waals surface area contributed by atoms with Crippen LogP contribution in [-0.2, 0) is 4.79 Å². The van der Waals surface area contributed by atoms with Crippen molar-refractivity contribution in [3.63, 3.8) is 0 Å². The molecule has 0 saturated carbocycles. The van der Waals surface area contributed by atoms with E-state index in [1.54, 1.807) is 23.9 Å². The molecular weight excluding hydrogens is 286 g/mol. The molecule has 2 aromatic rings. The van der Waals surface area contributed by atoms with Crippen LogP contribution >= 0.6 is 11.8 Å². The van der Waals surface area contributed by atoms with Gasteiger partial charge in [0.1, 0.15) is 6.29 Å². The SMILES string of the molecule is O=CC1=Cc2ccccc2S[C@@H]1c1ccc([N+](=O)[O-])cc1. The molecule has 0 amide bonds. The number of hydrogen-bond acceptors (Lipinski definition) is 4. The topological polar surface area (TPSA) is 60.2 Å². The summed E-state index contributed by atoms with van der Waals surface area (Å²) in [6, 6.07) is 14.2. The van der Waals surface area contributed by atoms with E-state index in [-0.39, 0.29) is 10.9 Å². The number of rotatable bonds is 3. The lowest BCUT2D eigenvalue weighted by atomic mass is 10.0. The van der Waals surface area contributed by atoms with E-state index in [0.717, 1.165) is 22.3 Å². The Labute approximate surface area is 125 Å². The Kier molecular flexibility index (Phi) is 3.58. The predicted octanol–water partition coefficient (Wildman–Crippen LogP) is 4.02. The number of nitrogens with zero attached hydrogens (tertiary/aromatic N) is 1. The van der Waals surface area contributed by atoms with Crippen LogP contribution in [0.5, 0.6) is 0 Å². The third-order valence-corrected chi connectivity index (χ3v) is 4.74. The van der Waals surface area contributed by atoms with Crippen molar-refractivity contribution < 1.29 is 9.72 Å². The van der Waals surface area contributed by atoms with E-state index in [2.05, 4.69) is 0 Å². The summed E-state index contributed by atoms with van der Waals surface area (Å²) in [4.78, 5) is 22.7. The predicted molar refractivity (Wildman–Crippen MR) is 82.2 cm³/mol. The second-order valence-electron chi connectivity index (χ2n) is 4.65. The highest BCUT2D eigenvalue weighted by molar-refractivity contribution is 8.00. The number of carbonyl (C=O) groups excluding carboxylic acids is 1. The van der Waals surface area contributed by atoms with Crippen LogP contribution in [0.2, 0.25) is 0 Å². The molecule has 5 heteroatoms. The largest absolute Gasteiger partial charge is 0.298 e. The van der Waals surface area contributed by atoms with Gasteiger partial charge in [0.15, 0.2) is 0 Å². The van der Waals surface area contributed by atoms with E-state index in [0.29, 0.717) is 5.57 Å². The van der Waals surface area contributed by atoms with Gasteiger partial charge in [-0.15, -0.1) is 11.8 Å². The number of nitro benzene ring substituents is 1. The fraction of sp³-hybridized carbons (Fsp3) is 0.0625. The third kappa shape index (κ3) is 2.60. The third-order valence-electron chi connectivity index (χ3n) is 3.33. The number of carbonyl (C=O) groups is 1. The summed E-state index contributed by atoms with van der Waals surface area (Å²) in [6.07, 6.45) is 2.74. The van der Waals surface area contributed by atoms with Crippen LogP contribution in [0, 0.1) is 10.1 Å². The number of fused-ring (bicyclic) bond motifs is 1. The molecule has 2 aromatic carbocycles. The van der Waals surface area contributed by atoms with Gasteiger partial charge in [0.05, 0.1) is 10.2 Å². The van der Waals surface area contributed by atoms with Crippen LogP contribution in [0.25, 0.3) is 6.08 Å². The number of nitro groups is 1. The molecule has 0 fully saturated rings. The molecule has 1 aliphatic rings. The maximum absolute atomic E-state index is 11.3. The average Bonchev–Trinajstić information content (AvgIpc) is 2.53. The monoisotopic (exact) mass is 297 g/mol. The van der Waals surface area contributed by atoms with Crippen LogP contribution in [0.3, 0.4) is 0 Å². The van der Waals surface area contributed by atoms with Gasteiger partial charge in [-0.05, 0) is 23.3 Å². The Hall–Kier alpha value is -2.40. The summed E-state index contributed by atoms with van der Waals surface area (Å²) in [5.41, 5.74) is 2.64. The number of aldehydes is 1. The zero-order valence-corrected chi connectivity index (χ0v) is 11.7. The maximum atomic E-state index is 11.3. The van der Waals surface area contributed by atoms with Gasteiger partial charge in [-0.1, -0.05) is 30.3 Å². The zero-order valence-electron chi connectivity index (χ0n) is 10.9. The van der Waals surface area contributed by atoms with Crippen molar-refractivity contribution in [3.8, 4) is 0 Å². The molecule has 0 N–H and O–H groups in total. The minimum absolute atomic E-state index is 0.0524. The number of benzene rings is 2. The van der Waals surface area contributed by atoms with Crippen molar-refractivity contribution in [2.24, 2.45) is 0 Å². The Morgan fingerprint density at radius 3 is 2.48 bits per heavy atom. The van der Waals surface area contributed by atoms with Crippen LogP contribution in [-0.4, -0.2) is 11.2 Å². The molecule has 3 rings (SSSR count). The summed E-state index contributed by atoms with van der Waals surface area (Å²) >= 11 is 1.59. The first-order valence-electron chi connectivity index (χ1n) is 6.36. The van der Waals surface area contributed by atoms with Crippen molar-refractivity contribution in [1.29, 1.82) is 0 Å². The average molecular weight is 297 g/mol. The Morgan fingerprint density at radius 1 is 1.10 bits per heavy atom. The van der Waals surface area contributed by atoms with Gasteiger partial charge in [-0.2, -0.15) is 0 Å². The maximum Gasteiger partial charge on any atom is 0.269 e. The highest BCUT2D eigenvalue weighted by atomic mass is 32.2. The smallest absolute Gasteiger partial charge is 0.269 e. The Balaban J connectivity index is 1.99. The summed E-state index contributed by atoms with van der Waals surface area (Å²) < 4.78 is 0. The van der Waals surface area contributed by atoms with Crippen LogP contribution in [0.4, 0.5) is 5.69 Å². The molecule has 0 spiro atoms. The lowest BCUT2D eigenvalue weighted by molar-refractivity contribution is -0.384. The molecule has 0 radical (unpaired) electrons. The molecule has 0 aliphatic carbocycles. The van der Waals surface area contributed by atoms with E-state index in [1.165, 1.54) is 12.1 Å². The normalized spacial score (nSPS) is 16.8. The first-order chi connectivity index (χ1) is 10.2. The van der Waals surface area contributed by atoms with Gasteiger partial charge < -0.3 is 0 Å². The van der Waals surface area contributed by atoms with Crippen LogP contribution in [0.15, 0.2) is 59.0 Å². The van der Waals surface area contributed by atoms with E-state index < -0.39 is 4.92 Å². The Morgan fingerprint density at radius 2 is 1.81 bits per heavy atom. The first-order valence-corrected chi connectivity index (χ1v) is 7.24. The second-order valence-corrected chi connectivity index (χ2v) is 5.79. The van der Waals surface area contributed by atoms with Gasteiger partial charge in [0, 0.05) is 22.6 Å². The number of thioether (sulfide) groups is 1. The highest BCUT2D eigenvalue weighted by Gasteiger charge is 2.23. The molecule has 104 valence electrons. The van der Waals surface area contributed by atoms with Gasteiger partial charge >= 0.3 is 0 Å². The summed E-state index contributed by atoms with van der Waals surface area (Å²) in [5.74, 6) is 0. The molecule has 0 bridgehead atoms. The summed E-state index contributed by atoms with van der Waals surface area (Å²) in [7, 11) is 0. The van der Waals surface area contributed by atoms with Gasteiger partial charge in [-0.25, -0.2) is 0 Å². The van der Waals surface area contributed by atoms with Crippen LogP contribution in [0.1, 0.15) is 16.4 Å². The van der Waals surface area contributed by atoms with Crippen molar-refractivity contribution in [3.05, 3.63) is 75.3 Å². The fourth-order valence-electron chi connectivity index (χ4n) is 2.28. The quantitative estimate of drug-likeness (QED) is 0.487. The fourth-order valence-corrected chi connectivity index (χ4v) is 3.51. The van der Waals surface area contributed by atoms with Crippen molar-refractivity contribution in [2.75, 3.05) is 0 Å². The molecular formula is C16H11NO3S. The molecule has 21 heavy (non-hydrogen) atoms. The second kappa shape index (κ2) is 5.54. The minimum atomic E-state index is -0.427. The lowest BCUT2D eigenvalue weighted by Gasteiger charge is -2.22. The summed E-state index contributed by atoms with van der Waals surface area (Å²) in [6.45, 7) is 0. The summed E-state index contributed by atoms with van der Waals surface area (Å²) in [5, 5.41) is 10.6. The molecule has 1 heterocycles. The van der Waals surface area contributed by atoms with Crippen LogP contribution < -0.4 is 0 Å². The van der Waals surface area contributed by atoms with Gasteiger partial charge in [-0.3, -0.25) is 14.9 Å². The van der Waals surface area contributed by atoms with E-state index >= 15 is 0 Å². The minimum Gasteiger partial charge on any atom is -0.298 e. The van der Waals surface area contributed by atoms with Crippen molar-refractivity contribution in [2.45, 2.75) is 10.1 Å². The van der Waals surface area contributed by atoms with E-state index in [4.69, 9.17) is 0 Å². The van der Waals surface area contributed by atoms with E-state index in [9.17, 15) is 14.9 Å². The molecule has 4 nitrogen and oxygen atoms in total. The number of non-ortho nitro benzene ring substituents is 1. The highest BCUT2D eigenvalue weighted by Crippen LogP contribution is 2.46.